The minimum atomic E-state index is -0.548. The van der Waals surface area contributed by atoms with Gasteiger partial charge in [-0.2, -0.15) is 5.26 Å². The van der Waals surface area contributed by atoms with E-state index in [1.54, 1.807) is 36.4 Å². The van der Waals surface area contributed by atoms with Gasteiger partial charge < -0.3 is 9.31 Å². The Labute approximate surface area is 142 Å². The zero-order chi connectivity index (χ0) is 17.5. The van der Waals surface area contributed by atoms with Crippen molar-refractivity contribution in [2.75, 3.05) is 0 Å². The number of hydrogen-bond donors (Lipinski definition) is 0. The van der Waals surface area contributed by atoms with Gasteiger partial charge in [0.1, 0.15) is 5.82 Å². The van der Waals surface area contributed by atoms with Crippen LogP contribution in [0.5, 0.6) is 0 Å². The Hall–Kier alpha value is -2.16. The highest BCUT2D eigenvalue weighted by atomic mass is 19.1. The standard InChI is InChI=1S/C19H19BFNO2/c1-18(2)19(3,4)24-20(23-18)14-10-9-13(12-22)16(11-14)15-7-5-6-8-17(15)21/h5-11H,1-4H3. The lowest BCUT2D eigenvalue weighted by Gasteiger charge is -2.32. The van der Waals surface area contributed by atoms with E-state index in [-0.39, 0.29) is 5.82 Å². The Morgan fingerprint density at radius 2 is 1.58 bits per heavy atom. The predicted octanol–water partition coefficient (Wildman–Crippen LogP) is 3.66. The molecule has 1 heterocycles. The van der Waals surface area contributed by atoms with Crippen molar-refractivity contribution in [2.45, 2.75) is 38.9 Å². The van der Waals surface area contributed by atoms with Crippen molar-refractivity contribution in [3.05, 3.63) is 53.8 Å². The Morgan fingerprint density at radius 1 is 0.958 bits per heavy atom. The third-order valence-electron chi connectivity index (χ3n) is 4.85. The Morgan fingerprint density at radius 3 is 2.17 bits per heavy atom. The third-order valence-corrected chi connectivity index (χ3v) is 4.85. The van der Waals surface area contributed by atoms with Crippen LogP contribution in [-0.4, -0.2) is 18.3 Å². The second-order valence-electron chi connectivity index (χ2n) is 6.98. The Bertz CT molecular complexity index is 810. The van der Waals surface area contributed by atoms with Gasteiger partial charge in [0.2, 0.25) is 0 Å². The molecule has 1 aliphatic rings. The van der Waals surface area contributed by atoms with Crippen molar-refractivity contribution in [3.63, 3.8) is 0 Å². The van der Waals surface area contributed by atoms with Gasteiger partial charge in [0, 0.05) is 11.1 Å². The molecule has 1 aliphatic heterocycles. The summed E-state index contributed by atoms with van der Waals surface area (Å²) < 4.78 is 26.3. The van der Waals surface area contributed by atoms with Crippen LogP contribution in [0.15, 0.2) is 42.5 Å². The molecule has 0 unspecified atom stereocenters. The van der Waals surface area contributed by atoms with E-state index in [2.05, 4.69) is 6.07 Å². The van der Waals surface area contributed by atoms with E-state index in [1.165, 1.54) is 6.07 Å². The molecule has 5 heteroatoms. The summed E-state index contributed by atoms with van der Waals surface area (Å²) in [6.07, 6.45) is 0. The number of benzene rings is 2. The molecule has 0 atom stereocenters. The maximum atomic E-state index is 14.2. The minimum Gasteiger partial charge on any atom is -0.399 e. The number of hydrogen-bond acceptors (Lipinski definition) is 3. The van der Waals surface area contributed by atoms with E-state index >= 15 is 0 Å². The molecule has 24 heavy (non-hydrogen) atoms. The van der Waals surface area contributed by atoms with Crippen LogP contribution in [0.1, 0.15) is 33.3 Å². The van der Waals surface area contributed by atoms with Gasteiger partial charge in [-0.1, -0.05) is 30.3 Å². The fourth-order valence-electron chi connectivity index (χ4n) is 2.69. The quantitative estimate of drug-likeness (QED) is 0.792. The van der Waals surface area contributed by atoms with Crippen molar-refractivity contribution in [3.8, 4) is 17.2 Å². The fourth-order valence-corrected chi connectivity index (χ4v) is 2.69. The van der Waals surface area contributed by atoms with Crippen molar-refractivity contribution >= 4 is 12.6 Å². The molecule has 0 bridgehead atoms. The van der Waals surface area contributed by atoms with Crippen molar-refractivity contribution in [2.24, 2.45) is 0 Å². The molecule has 0 aliphatic carbocycles. The number of halogens is 1. The monoisotopic (exact) mass is 323 g/mol. The van der Waals surface area contributed by atoms with E-state index in [4.69, 9.17) is 9.31 Å². The summed E-state index contributed by atoms with van der Waals surface area (Å²) in [6, 6.07) is 13.8. The highest BCUT2D eigenvalue weighted by molar-refractivity contribution is 6.62. The van der Waals surface area contributed by atoms with Gasteiger partial charge in [-0.25, -0.2) is 4.39 Å². The van der Waals surface area contributed by atoms with Gasteiger partial charge in [-0.15, -0.1) is 0 Å². The molecular formula is C19H19BFNO2. The molecule has 1 saturated heterocycles. The molecule has 0 spiro atoms. The lowest BCUT2D eigenvalue weighted by atomic mass is 9.77. The second kappa shape index (κ2) is 5.73. The Kier molecular flexibility index (Phi) is 3.99. The van der Waals surface area contributed by atoms with Crippen LogP contribution in [0.4, 0.5) is 4.39 Å². The molecule has 2 aromatic rings. The highest BCUT2D eigenvalue weighted by Crippen LogP contribution is 2.37. The molecule has 0 amide bonds. The molecule has 122 valence electrons. The van der Waals surface area contributed by atoms with Gasteiger partial charge in [-0.3, -0.25) is 0 Å². The van der Waals surface area contributed by atoms with Crippen molar-refractivity contribution < 1.29 is 13.7 Å². The zero-order valence-corrected chi connectivity index (χ0v) is 14.3. The molecule has 0 radical (unpaired) electrons. The molecule has 1 fully saturated rings. The summed E-state index contributed by atoms with van der Waals surface area (Å²) >= 11 is 0. The zero-order valence-electron chi connectivity index (χ0n) is 14.3. The summed E-state index contributed by atoms with van der Waals surface area (Å²) in [7, 11) is -0.548. The van der Waals surface area contributed by atoms with E-state index in [9.17, 15) is 9.65 Å². The molecule has 3 rings (SSSR count). The van der Waals surface area contributed by atoms with Gasteiger partial charge in [-0.05, 0) is 45.3 Å². The molecular weight excluding hydrogens is 304 g/mol. The predicted molar refractivity (Wildman–Crippen MR) is 92.3 cm³/mol. The number of rotatable bonds is 2. The average molecular weight is 323 g/mol. The van der Waals surface area contributed by atoms with Gasteiger partial charge >= 0.3 is 7.12 Å². The summed E-state index contributed by atoms with van der Waals surface area (Å²) in [4.78, 5) is 0. The van der Waals surface area contributed by atoms with E-state index in [0.29, 0.717) is 16.7 Å². The summed E-state index contributed by atoms with van der Waals surface area (Å²) in [6.45, 7) is 7.92. The van der Waals surface area contributed by atoms with Crippen LogP contribution < -0.4 is 5.46 Å². The SMILES string of the molecule is CC1(C)OB(c2ccc(C#N)c(-c3ccccc3F)c2)OC1(C)C. The van der Waals surface area contributed by atoms with E-state index in [1.807, 2.05) is 27.7 Å². The highest BCUT2D eigenvalue weighted by Gasteiger charge is 2.51. The van der Waals surface area contributed by atoms with Gasteiger partial charge in [0.05, 0.1) is 22.8 Å². The number of nitrogens with zero attached hydrogens (tertiary/aromatic N) is 1. The lowest BCUT2D eigenvalue weighted by molar-refractivity contribution is 0.00578. The maximum Gasteiger partial charge on any atom is 0.494 e. The van der Waals surface area contributed by atoms with Gasteiger partial charge in [0.15, 0.2) is 0 Å². The summed E-state index contributed by atoms with van der Waals surface area (Å²) in [5.74, 6) is -0.361. The molecule has 3 nitrogen and oxygen atoms in total. The molecule has 0 aromatic heterocycles. The first-order valence-corrected chi connectivity index (χ1v) is 7.90. The molecule has 0 N–H and O–H groups in total. The Balaban J connectivity index is 2.06. The van der Waals surface area contributed by atoms with Crippen LogP contribution in [0.3, 0.4) is 0 Å². The van der Waals surface area contributed by atoms with Gasteiger partial charge in [0.25, 0.3) is 0 Å². The van der Waals surface area contributed by atoms with E-state index in [0.717, 1.165) is 5.46 Å². The average Bonchev–Trinajstić information content (AvgIpc) is 2.75. The molecule has 2 aromatic carbocycles. The van der Waals surface area contributed by atoms with Crippen LogP contribution >= 0.6 is 0 Å². The van der Waals surface area contributed by atoms with Crippen LogP contribution in [-0.2, 0) is 9.31 Å². The first kappa shape index (κ1) is 16.7. The minimum absolute atomic E-state index is 0.361. The van der Waals surface area contributed by atoms with E-state index < -0.39 is 18.3 Å². The maximum absolute atomic E-state index is 14.2. The smallest absolute Gasteiger partial charge is 0.399 e. The third kappa shape index (κ3) is 2.73. The largest absolute Gasteiger partial charge is 0.494 e. The topological polar surface area (TPSA) is 42.2 Å². The summed E-state index contributed by atoms with van der Waals surface area (Å²) in [5.41, 5.74) is 1.22. The number of nitriles is 1. The van der Waals surface area contributed by atoms with Crippen LogP contribution in [0.25, 0.3) is 11.1 Å². The summed E-state index contributed by atoms with van der Waals surface area (Å²) in [5, 5.41) is 9.36. The first-order chi connectivity index (χ1) is 11.2. The van der Waals surface area contributed by atoms with Crippen molar-refractivity contribution in [1.29, 1.82) is 5.26 Å². The van der Waals surface area contributed by atoms with Crippen molar-refractivity contribution in [1.82, 2.24) is 0 Å². The second-order valence-corrected chi connectivity index (χ2v) is 6.98. The van der Waals surface area contributed by atoms with Crippen LogP contribution in [0.2, 0.25) is 0 Å². The van der Waals surface area contributed by atoms with Crippen LogP contribution in [0, 0.1) is 17.1 Å². The fraction of sp³-hybridized carbons (Fsp3) is 0.316. The normalized spacial score (nSPS) is 18.4. The molecule has 0 saturated carbocycles. The lowest BCUT2D eigenvalue weighted by Crippen LogP contribution is -2.41. The first-order valence-electron chi connectivity index (χ1n) is 7.90.